The molecule has 2 aromatic carbocycles. The number of likely N-dealkylation sites (tertiary alicyclic amines) is 1. The Hall–Kier alpha value is -3.75. The summed E-state index contributed by atoms with van der Waals surface area (Å²) < 4.78 is 15.9. The number of carbonyl (C=O) groups is 3. The van der Waals surface area contributed by atoms with Gasteiger partial charge in [0.15, 0.2) is 11.5 Å². The van der Waals surface area contributed by atoms with Gasteiger partial charge in [0.05, 0.1) is 7.11 Å². The van der Waals surface area contributed by atoms with Crippen LogP contribution in [-0.4, -0.2) is 61.7 Å². The zero-order chi connectivity index (χ0) is 25.7. The minimum absolute atomic E-state index is 0.0165. The second-order valence-electron chi connectivity index (χ2n) is 9.20. The first-order valence-electron chi connectivity index (χ1n) is 12.3. The fraction of sp³-hybridized carbons (Fsp3) is 0.444. The normalized spacial score (nSPS) is 16.7. The average Bonchev–Trinajstić information content (AvgIpc) is 3.39. The first-order valence-corrected chi connectivity index (χ1v) is 12.3. The first kappa shape index (κ1) is 25.3. The molecule has 2 aliphatic rings. The summed E-state index contributed by atoms with van der Waals surface area (Å²) in [5.74, 6) is 0.976. The van der Waals surface area contributed by atoms with E-state index in [0.717, 1.165) is 6.42 Å². The van der Waals surface area contributed by atoms with E-state index in [9.17, 15) is 14.4 Å². The molecule has 3 amide bonds. The monoisotopic (exact) mass is 495 g/mol. The van der Waals surface area contributed by atoms with Crippen LogP contribution in [0.15, 0.2) is 42.5 Å². The summed E-state index contributed by atoms with van der Waals surface area (Å²) in [6.07, 6.45) is 1.97. The Bertz CT molecular complexity index is 1110. The van der Waals surface area contributed by atoms with Gasteiger partial charge in [-0.05, 0) is 68.5 Å². The maximum Gasteiger partial charge on any atom is 0.253 e. The standard InChI is InChI=1S/C27H33N3O6/c1-4-17(2)28-26(32)24(29-25(31)19-8-9-22-23(15-19)36-16-35-22)18-10-12-30(13-11-18)27(33)20-6-5-7-21(14-20)34-3/h5-9,14-15,17-18,24H,4,10-13,16H2,1-3H3,(H,28,32)(H,29,31)/t17-,24+/m1/s1. The number of piperidine rings is 1. The summed E-state index contributed by atoms with van der Waals surface area (Å²) in [5, 5.41) is 5.95. The zero-order valence-electron chi connectivity index (χ0n) is 20.9. The van der Waals surface area contributed by atoms with Crippen LogP contribution in [0.1, 0.15) is 53.8 Å². The molecule has 2 aliphatic heterocycles. The van der Waals surface area contributed by atoms with Gasteiger partial charge in [0.2, 0.25) is 12.7 Å². The van der Waals surface area contributed by atoms with Gasteiger partial charge in [-0.15, -0.1) is 0 Å². The average molecular weight is 496 g/mol. The predicted octanol–water partition coefficient (Wildman–Crippen LogP) is 2.99. The Morgan fingerprint density at radius 1 is 1.03 bits per heavy atom. The summed E-state index contributed by atoms with van der Waals surface area (Å²) in [4.78, 5) is 41.1. The maximum absolute atomic E-state index is 13.2. The summed E-state index contributed by atoms with van der Waals surface area (Å²) in [5.41, 5.74) is 0.959. The molecule has 2 atom stereocenters. The minimum Gasteiger partial charge on any atom is -0.497 e. The summed E-state index contributed by atoms with van der Waals surface area (Å²) in [6, 6.07) is 11.3. The van der Waals surface area contributed by atoms with Crippen LogP contribution in [0.4, 0.5) is 0 Å². The molecule has 4 rings (SSSR count). The SMILES string of the molecule is CC[C@@H](C)NC(=O)[C@@H](NC(=O)c1ccc2c(c1)OCO2)C1CCN(C(=O)c2cccc(OC)c2)CC1. The predicted molar refractivity (Wildman–Crippen MR) is 133 cm³/mol. The highest BCUT2D eigenvalue weighted by Gasteiger charge is 2.35. The Balaban J connectivity index is 1.45. The number of amides is 3. The van der Waals surface area contributed by atoms with E-state index in [1.54, 1.807) is 54.5 Å². The van der Waals surface area contributed by atoms with E-state index >= 15 is 0 Å². The molecular weight excluding hydrogens is 462 g/mol. The lowest BCUT2D eigenvalue weighted by Crippen LogP contribution is -2.55. The molecule has 0 aliphatic carbocycles. The van der Waals surface area contributed by atoms with Crippen molar-refractivity contribution in [2.45, 2.75) is 45.2 Å². The molecule has 0 spiro atoms. The molecule has 2 aromatic rings. The van der Waals surface area contributed by atoms with Crippen LogP contribution in [0.5, 0.6) is 17.2 Å². The van der Waals surface area contributed by atoms with Gasteiger partial charge in [0.1, 0.15) is 11.8 Å². The molecule has 36 heavy (non-hydrogen) atoms. The summed E-state index contributed by atoms with van der Waals surface area (Å²) in [7, 11) is 1.57. The fourth-order valence-electron chi connectivity index (χ4n) is 4.47. The Morgan fingerprint density at radius 2 is 1.78 bits per heavy atom. The largest absolute Gasteiger partial charge is 0.497 e. The third-order valence-electron chi connectivity index (χ3n) is 6.82. The highest BCUT2D eigenvalue weighted by atomic mass is 16.7. The van der Waals surface area contributed by atoms with Gasteiger partial charge in [-0.3, -0.25) is 14.4 Å². The van der Waals surface area contributed by atoms with Gasteiger partial charge in [-0.25, -0.2) is 0 Å². The zero-order valence-corrected chi connectivity index (χ0v) is 20.9. The first-order chi connectivity index (χ1) is 17.4. The number of fused-ring (bicyclic) bond motifs is 1. The lowest BCUT2D eigenvalue weighted by molar-refractivity contribution is -0.125. The molecule has 0 saturated carbocycles. The molecular formula is C27H33N3O6. The van der Waals surface area contributed by atoms with Crippen LogP contribution in [-0.2, 0) is 4.79 Å². The van der Waals surface area contributed by atoms with E-state index in [4.69, 9.17) is 14.2 Å². The minimum atomic E-state index is -0.717. The highest BCUT2D eigenvalue weighted by molar-refractivity contribution is 5.98. The number of ether oxygens (including phenoxy) is 3. The molecule has 2 heterocycles. The molecule has 0 aromatic heterocycles. The molecule has 0 radical (unpaired) electrons. The summed E-state index contributed by atoms with van der Waals surface area (Å²) in [6.45, 7) is 5.03. The van der Waals surface area contributed by atoms with Gasteiger partial charge < -0.3 is 29.7 Å². The van der Waals surface area contributed by atoms with E-state index in [-0.39, 0.29) is 36.5 Å². The van der Waals surface area contributed by atoms with Crippen LogP contribution in [0.2, 0.25) is 0 Å². The number of benzene rings is 2. The van der Waals surface area contributed by atoms with Crippen LogP contribution in [0.3, 0.4) is 0 Å². The van der Waals surface area contributed by atoms with Crippen molar-refractivity contribution in [2.75, 3.05) is 27.0 Å². The van der Waals surface area contributed by atoms with E-state index in [1.165, 1.54) is 0 Å². The van der Waals surface area contributed by atoms with Crippen molar-refractivity contribution in [3.8, 4) is 17.2 Å². The van der Waals surface area contributed by atoms with E-state index in [0.29, 0.717) is 54.3 Å². The molecule has 1 saturated heterocycles. The highest BCUT2D eigenvalue weighted by Crippen LogP contribution is 2.32. The smallest absolute Gasteiger partial charge is 0.253 e. The van der Waals surface area contributed by atoms with Crippen molar-refractivity contribution in [1.82, 2.24) is 15.5 Å². The maximum atomic E-state index is 13.2. The Morgan fingerprint density at radius 3 is 2.50 bits per heavy atom. The van der Waals surface area contributed by atoms with E-state index in [1.807, 2.05) is 13.8 Å². The number of nitrogens with one attached hydrogen (secondary N) is 2. The van der Waals surface area contributed by atoms with Gasteiger partial charge in [0.25, 0.3) is 11.8 Å². The Kier molecular flexibility index (Phi) is 7.97. The number of carbonyl (C=O) groups excluding carboxylic acids is 3. The quantitative estimate of drug-likeness (QED) is 0.583. The number of hydrogen-bond donors (Lipinski definition) is 2. The van der Waals surface area contributed by atoms with Gasteiger partial charge in [-0.1, -0.05) is 13.0 Å². The second kappa shape index (κ2) is 11.3. The van der Waals surface area contributed by atoms with Crippen molar-refractivity contribution >= 4 is 17.7 Å². The molecule has 1 fully saturated rings. The molecule has 192 valence electrons. The molecule has 9 nitrogen and oxygen atoms in total. The third kappa shape index (κ3) is 5.72. The lowest BCUT2D eigenvalue weighted by atomic mass is 9.88. The van der Waals surface area contributed by atoms with Crippen molar-refractivity contribution in [3.63, 3.8) is 0 Å². The number of nitrogens with zero attached hydrogens (tertiary/aromatic N) is 1. The summed E-state index contributed by atoms with van der Waals surface area (Å²) >= 11 is 0. The van der Waals surface area contributed by atoms with Gasteiger partial charge in [0, 0.05) is 30.3 Å². The number of hydrogen-bond acceptors (Lipinski definition) is 6. The second-order valence-corrected chi connectivity index (χ2v) is 9.20. The Labute approximate surface area is 211 Å². The van der Waals surface area contributed by atoms with E-state index < -0.39 is 6.04 Å². The fourth-order valence-corrected chi connectivity index (χ4v) is 4.47. The number of rotatable bonds is 8. The van der Waals surface area contributed by atoms with Crippen LogP contribution < -0.4 is 24.8 Å². The van der Waals surface area contributed by atoms with Gasteiger partial charge in [-0.2, -0.15) is 0 Å². The number of methoxy groups -OCH3 is 1. The van der Waals surface area contributed by atoms with Crippen LogP contribution in [0.25, 0.3) is 0 Å². The van der Waals surface area contributed by atoms with E-state index in [2.05, 4.69) is 10.6 Å². The molecule has 0 unspecified atom stereocenters. The lowest BCUT2D eigenvalue weighted by Gasteiger charge is -2.36. The molecule has 9 heteroatoms. The topological polar surface area (TPSA) is 106 Å². The molecule has 2 N–H and O–H groups in total. The van der Waals surface area contributed by atoms with Crippen molar-refractivity contribution in [3.05, 3.63) is 53.6 Å². The van der Waals surface area contributed by atoms with Crippen molar-refractivity contribution < 1.29 is 28.6 Å². The molecule has 0 bridgehead atoms. The van der Waals surface area contributed by atoms with Crippen molar-refractivity contribution in [1.29, 1.82) is 0 Å². The van der Waals surface area contributed by atoms with Crippen LogP contribution >= 0.6 is 0 Å². The van der Waals surface area contributed by atoms with Crippen molar-refractivity contribution in [2.24, 2.45) is 5.92 Å². The van der Waals surface area contributed by atoms with Gasteiger partial charge >= 0.3 is 0 Å². The van der Waals surface area contributed by atoms with Crippen LogP contribution in [0, 0.1) is 5.92 Å². The third-order valence-corrected chi connectivity index (χ3v) is 6.82.